The molecule has 0 saturated heterocycles. The van der Waals surface area contributed by atoms with Crippen molar-refractivity contribution in [3.63, 3.8) is 0 Å². The molecule has 0 spiro atoms. The second-order valence-corrected chi connectivity index (χ2v) is 5.42. The molecule has 1 N–H and O–H groups in total. The topological polar surface area (TPSA) is 34.1 Å². The fraction of sp³-hybridized carbons (Fsp3) is 0.389. The number of ether oxygens (including phenoxy) is 1. The van der Waals surface area contributed by atoms with Crippen LogP contribution in [0.1, 0.15) is 50.3 Å². The lowest BCUT2D eigenvalue weighted by atomic mass is 9.99. The predicted molar refractivity (Wildman–Crippen MR) is 86.9 cm³/mol. The third-order valence-corrected chi connectivity index (χ3v) is 3.98. The SMILES string of the molecule is CCC(C)c1ccc(Oc2cc(C(C)NC)ccn2)cc1. The van der Waals surface area contributed by atoms with Crippen molar-refractivity contribution in [3.05, 3.63) is 53.7 Å². The van der Waals surface area contributed by atoms with Gasteiger partial charge in [-0.05, 0) is 55.6 Å². The Balaban J connectivity index is 2.11. The number of nitrogens with one attached hydrogen (secondary N) is 1. The van der Waals surface area contributed by atoms with Gasteiger partial charge in [0.25, 0.3) is 0 Å². The maximum Gasteiger partial charge on any atom is 0.219 e. The van der Waals surface area contributed by atoms with Crippen molar-refractivity contribution >= 4 is 0 Å². The average Bonchev–Trinajstić information content (AvgIpc) is 2.54. The number of hydrogen-bond acceptors (Lipinski definition) is 3. The zero-order valence-corrected chi connectivity index (χ0v) is 13.3. The van der Waals surface area contributed by atoms with Crippen molar-refractivity contribution in [1.82, 2.24) is 10.3 Å². The lowest BCUT2D eigenvalue weighted by Crippen LogP contribution is -2.12. The van der Waals surface area contributed by atoms with Gasteiger partial charge in [-0.25, -0.2) is 4.98 Å². The van der Waals surface area contributed by atoms with Crippen molar-refractivity contribution in [2.24, 2.45) is 0 Å². The van der Waals surface area contributed by atoms with Crippen LogP contribution >= 0.6 is 0 Å². The molecule has 0 amide bonds. The average molecular weight is 284 g/mol. The molecule has 21 heavy (non-hydrogen) atoms. The monoisotopic (exact) mass is 284 g/mol. The molecule has 0 aliphatic carbocycles. The van der Waals surface area contributed by atoms with Crippen molar-refractivity contribution in [3.8, 4) is 11.6 Å². The minimum absolute atomic E-state index is 0.281. The summed E-state index contributed by atoms with van der Waals surface area (Å²) in [6.07, 6.45) is 2.93. The molecule has 2 unspecified atom stereocenters. The fourth-order valence-corrected chi connectivity index (χ4v) is 2.14. The molecular formula is C18H24N2O. The zero-order chi connectivity index (χ0) is 15.2. The lowest BCUT2D eigenvalue weighted by molar-refractivity contribution is 0.460. The maximum atomic E-state index is 5.84. The summed E-state index contributed by atoms with van der Waals surface area (Å²) in [6.45, 7) is 6.55. The number of rotatable bonds is 6. The van der Waals surface area contributed by atoms with Crippen LogP contribution in [0.3, 0.4) is 0 Å². The Hall–Kier alpha value is -1.87. The summed E-state index contributed by atoms with van der Waals surface area (Å²) in [4.78, 5) is 4.28. The molecule has 0 bridgehead atoms. The first-order valence-corrected chi connectivity index (χ1v) is 7.55. The van der Waals surface area contributed by atoms with Crippen LogP contribution in [0.25, 0.3) is 0 Å². The van der Waals surface area contributed by atoms with E-state index in [1.54, 1.807) is 6.20 Å². The first-order chi connectivity index (χ1) is 10.1. The predicted octanol–water partition coefficient (Wildman–Crippen LogP) is 4.67. The standard InChI is InChI=1S/C18H24N2O/c1-5-13(2)15-6-8-17(9-7-15)21-18-12-16(10-11-20-18)14(3)19-4/h6-14,19H,5H2,1-4H3. The molecule has 0 aliphatic heterocycles. The van der Waals surface area contributed by atoms with Gasteiger partial charge in [0.1, 0.15) is 5.75 Å². The first-order valence-electron chi connectivity index (χ1n) is 7.55. The second kappa shape index (κ2) is 7.23. The van der Waals surface area contributed by atoms with Crippen LogP contribution in [0, 0.1) is 0 Å². The molecule has 2 atom stereocenters. The normalized spacial score (nSPS) is 13.7. The van der Waals surface area contributed by atoms with Crippen molar-refractivity contribution in [2.75, 3.05) is 7.05 Å². The molecule has 2 rings (SSSR count). The summed E-state index contributed by atoms with van der Waals surface area (Å²) in [5.74, 6) is 2.03. The minimum atomic E-state index is 0.281. The highest BCUT2D eigenvalue weighted by Gasteiger charge is 2.07. The molecule has 0 fully saturated rings. The van der Waals surface area contributed by atoms with Gasteiger partial charge in [0.2, 0.25) is 5.88 Å². The van der Waals surface area contributed by atoms with Crippen LogP contribution in [0.15, 0.2) is 42.6 Å². The maximum absolute atomic E-state index is 5.84. The van der Waals surface area contributed by atoms with E-state index in [9.17, 15) is 0 Å². The highest BCUT2D eigenvalue weighted by atomic mass is 16.5. The molecule has 112 valence electrons. The van der Waals surface area contributed by atoms with Gasteiger partial charge in [0.15, 0.2) is 0 Å². The molecule has 1 heterocycles. The third kappa shape index (κ3) is 4.05. The summed E-state index contributed by atoms with van der Waals surface area (Å²) < 4.78 is 5.84. The van der Waals surface area contributed by atoms with Crippen LogP contribution in [0.4, 0.5) is 0 Å². The number of aromatic nitrogens is 1. The molecule has 2 aromatic rings. The van der Waals surface area contributed by atoms with E-state index in [1.807, 2.05) is 31.3 Å². The second-order valence-electron chi connectivity index (χ2n) is 5.42. The van der Waals surface area contributed by atoms with E-state index in [0.717, 1.165) is 12.2 Å². The van der Waals surface area contributed by atoms with Crippen molar-refractivity contribution < 1.29 is 4.74 Å². The summed E-state index contributed by atoms with van der Waals surface area (Å²) in [5.41, 5.74) is 2.51. The van der Waals surface area contributed by atoms with E-state index in [1.165, 1.54) is 11.1 Å². The number of pyridine rings is 1. The van der Waals surface area contributed by atoms with Gasteiger partial charge in [-0.15, -0.1) is 0 Å². The Kier molecular flexibility index (Phi) is 5.34. The lowest BCUT2D eigenvalue weighted by Gasteiger charge is -2.13. The minimum Gasteiger partial charge on any atom is -0.439 e. The van der Waals surface area contributed by atoms with Gasteiger partial charge in [0, 0.05) is 18.3 Å². The molecule has 3 nitrogen and oxygen atoms in total. The summed E-state index contributed by atoms with van der Waals surface area (Å²) in [5, 5.41) is 3.22. The number of hydrogen-bond donors (Lipinski definition) is 1. The Morgan fingerprint density at radius 2 is 1.81 bits per heavy atom. The highest BCUT2D eigenvalue weighted by Crippen LogP contribution is 2.25. The molecule has 0 aliphatic rings. The van der Waals surface area contributed by atoms with Crippen LogP contribution in [0.2, 0.25) is 0 Å². The van der Waals surface area contributed by atoms with E-state index in [2.05, 4.69) is 43.2 Å². The van der Waals surface area contributed by atoms with Gasteiger partial charge in [-0.2, -0.15) is 0 Å². The van der Waals surface area contributed by atoms with Crippen LogP contribution in [-0.4, -0.2) is 12.0 Å². The highest BCUT2D eigenvalue weighted by molar-refractivity contribution is 5.33. The van der Waals surface area contributed by atoms with E-state index in [-0.39, 0.29) is 6.04 Å². The first kappa shape index (κ1) is 15.5. The van der Waals surface area contributed by atoms with E-state index >= 15 is 0 Å². The molecular weight excluding hydrogens is 260 g/mol. The quantitative estimate of drug-likeness (QED) is 0.837. The largest absolute Gasteiger partial charge is 0.439 e. The molecule has 3 heteroatoms. The summed E-state index contributed by atoms with van der Waals surface area (Å²) in [7, 11) is 1.94. The Morgan fingerprint density at radius 3 is 2.43 bits per heavy atom. The van der Waals surface area contributed by atoms with E-state index in [0.29, 0.717) is 11.8 Å². The van der Waals surface area contributed by atoms with Gasteiger partial charge < -0.3 is 10.1 Å². The van der Waals surface area contributed by atoms with E-state index in [4.69, 9.17) is 4.74 Å². The fourth-order valence-electron chi connectivity index (χ4n) is 2.14. The Bertz CT molecular complexity index is 566. The number of benzene rings is 1. The van der Waals surface area contributed by atoms with Crippen LogP contribution < -0.4 is 10.1 Å². The van der Waals surface area contributed by atoms with Crippen molar-refractivity contribution in [2.45, 2.75) is 39.2 Å². The Morgan fingerprint density at radius 1 is 1.10 bits per heavy atom. The summed E-state index contributed by atoms with van der Waals surface area (Å²) >= 11 is 0. The third-order valence-electron chi connectivity index (χ3n) is 3.98. The van der Waals surface area contributed by atoms with Gasteiger partial charge in [-0.3, -0.25) is 0 Å². The zero-order valence-electron chi connectivity index (χ0n) is 13.3. The number of nitrogens with zero attached hydrogens (tertiary/aromatic N) is 1. The molecule has 1 aromatic heterocycles. The van der Waals surface area contributed by atoms with Crippen LogP contribution in [0.5, 0.6) is 11.6 Å². The Labute approximate surface area is 127 Å². The summed E-state index contributed by atoms with van der Waals surface area (Å²) in [6, 6.07) is 12.5. The van der Waals surface area contributed by atoms with E-state index < -0.39 is 0 Å². The smallest absolute Gasteiger partial charge is 0.219 e. The van der Waals surface area contributed by atoms with Gasteiger partial charge in [0.05, 0.1) is 0 Å². The van der Waals surface area contributed by atoms with Crippen LogP contribution in [-0.2, 0) is 0 Å². The van der Waals surface area contributed by atoms with Crippen molar-refractivity contribution in [1.29, 1.82) is 0 Å². The molecule has 0 saturated carbocycles. The molecule has 0 radical (unpaired) electrons. The van der Waals surface area contributed by atoms with Gasteiger partial charge >= 0.3 is 0 Å². The molecule has 1 aromatic carbocycles. The van der Waals surface area contributed by atoms with Gasteiger partial charge in [-0.1, -0.05) is 26.0 Å².